The van der Waals surface area contributed by atoms with Crippen molar-refractivity contribution in [2.24, 2.45) is 5.92 Å². The van der Waals surface area contributed by atoms with Gasteiger partial charge in [0.25, 0.3) is 0 Å². The van der Waals surface area contributed by atoms with Crippen LogP contribution in [0, 0.1) is 5.92 Å². The summed E-state index contributed by atoms with van der Waals surface area (Å²) < 4.78 is 5.70. The standard InChI is InChI=1S/C21H28N2O2/c1-4-23(19-8-6-5-7-9-19)16-21(24)22-18-10-12-20(13-11-18)25-15-14-17(2)3/h5-13,17H,4,14-16H2,1-3H3,(H,22,24). The number of carbonyl (C=O) groups is 1. The number of nitrogens with one attached hydrogen (secondary N) is 1. The number of hydrogen-bond acceptors (Lipinski definition) is 3. The molecule has 2 rings (SSSR count). The molecule has 2 aromatic carbocycles. The molecule has 4 nitrogen and oxygen atoms in total. The molecule has 0 fully saturated rings. The van der Waals surface area contributed by atoms with Crippen LogP contribution in [-0.4, -0.2) is 25.6 Å². The van der Waals surface area contributed by atoms with Crippen molar-refractivity contribution in [1.82, 2.24) is 0 Å². The normalized spacial score (nSPS) is 10.6. The quantitative estimate of drug-likeness (QED) is 0.726. The van der Waals surface area contributed by atoms with Gasteiger partial charge in [0, 0.05) is 17.9 Å². The summed E-state index contributed by atoms with van der Waals surface area (Å²) in [7, 11) is 0. The van der Waals surface area contributed by atoms with Crippen LogP contribution in [0.15, 0.2) is 54.6 Å². The Morgan fingerprint density at radius 2 is 1.76 bits per heavy atom. The van der Waals surface area contributed by atoms with Crippen LogP contribution in [0.1, 0.15) is 27.2 Å². The molecule has 0 bridgehead atoms. The van der Waals surface area contributed by atoms with Crippen LogP contribution in [0.2, 0.25) is 0 Å². The highest BCUT2D eigenvalue weighted by Crippen LogP contribution is 2.17. The molecule has 0 aliphatic rings. The van der Waals surface area contributed by atoms with Crippen molar-refractivity contribution in [2.45, 2.75) is 27.2 Å². The predicted molar refractivity (Wildman–Crippen MR) is 104 cm³/mol. The zero-order chi connectivity index (χ0) is 18.1. The van der Waals surface area contributed by atoms with Gasteiger partial charge in [-0.15, -0.1) is 0 Å². The van der Waals surface area contributed by atoms with Gasteiger partial charge in [-0.1, -0.05) is 32.0 Å². The van der Waals surface area contributed by atoms with Crippen molar-refractivity contribution >= 4 is 17.3 Å². The maximum absolute atomic E-state index is 12.3. The molecule has 0 aromatic heterocycles. The van der Waals surface area contributed by atoms with E-state index in [1.807, 2.05) is 66.4 Å². The first-order valence-corrected chi connectivity index (χ1v) is 8.91. The third-order valence-corrected chi connectivity index (χ3v) is 3.94. The molecule has 25 heavy (non-hydrogen) atoms. The summed E-state index contributed by atoms with van der Waals surface area (Å²) in [6.45, 7) is 8.22. The van der Waals surface area contributed by atoms with Gasteiger partial charge in [-0.05, 0) is 55.7 Å². The van der Waals surface area contributed by atoms with E-state index in [2.05, 4.69) is 19.2 Å². The summed E-state index contributed by atoms with van der Waals surface area (Å²) in [5.74, 6) is 1.43. The highest BCUT2D eigenvalue weighted by Gasteiger charge is 2.10. The molecular weight excluding hydrogens is 312 g/mol. The molecule has 2 aromatic rings. The van der Waals surface area contributed by atoms with E-state index in [0.29, 0.717) is 19.1 Å². The number of nitrogens with zero attached hydrogens (tertiary/aromatic N) is 1. The first kappa shape index (κ1) is 18.8. The first-order valence-electron chi connectivity index (χ1n) is 8.91. The van der Waals surface area contributed by atoms with Crippen LogP contribution >= 0.6 is 0 Å². The summed E-state index contributed by atoms with van der Waals surface area (Å²) in [5.41, 5.74) is 1.83. The summed E-state index contributed by atoms with van der Waals surface area (Å²) in [5, 5.41) is 2.94. The fourth-order valence-electron chi connectivity index (χ4n) is 2.45. The van der Waals surface area contributed by atoms with Crippen molar-refractivity contribution in [1.29, 1.82) is 0 Å². The van der Waals surface area contributed by atoms with Gasteiger partial charge in [0.2, 0.25) is 5.91 Å². The molecule has 0 atom stereocenters. The van der Waals surface area contributed by atoms with E-state index in [4.69, 9.17) is 4.74 Å². The van der Waals surface area contributed by atoms with Gasteiger partial charge in [-0.2, -0.15) is 0 Å². The van der Waals surface area contributed by atoms with E-state index in [9.17, 15) is 4.79 Å². The van der Waals surface area contributed by atoms with Crippen LogP contribution in [0.4, 0.5) is 11.4 Å². The van der Waals surface area contributed by atoms with Crippen LogP contribution < -0.4 is 15.0 Å². The van der Waals surface area contributed by atoms with Gasteiger partial charge in [-0.25, -0.2) is 0 Å². The number of hydrogen-bond donors (Lipinski definition) is 1. The number of ether oxygens (including phenoxy) is 1. The second-order valence-electron chi connectivity index (χ2n) is 6.45. The molecule has 0 aliphatic carbocycles. The van der Waals surface area contributed by atoms with Crippen LogP contribution in [0.5, 0.6) is 5.75 Å². The second-order valence-corrected chi connectivity index (χ2v) is 6.45. The highest BCUT2D eigenvalue weighted by molar-refractivity contribution is 5.94. The number of benzene rings is 2. The number of para-hydroxylation sites is 1. The number of anilines is 2. The van der Waals surface area contributed by atoms with E-state index in [-0.39, 0.29) is 5.91 Å². The van der Waals surface area contributed by atoms with Gasteiger partial charge < -0.3 is 15.0 Å². The SMILES string of the molecule is CCN(CC(=O)Nc1ccc(OCCC(C)C)cc1)c1ccccc1. The molecule has 134 valence electrons. The van der Waals surface area contributed by atoms with Crippen LogP contribution in [-0.2, 0) is 4.79 Å². The molecule has 0 spiro atoms. The Hall–Kier alpha value is -2.49. The van der Waals surface area contributed by atoms with Gasteiger partial charge in [-0.3, -0.25) is 4.79 Å². The molecule has 4 heteroatoms. The lowest BCUT2D eigenvalue weighted by Crippen LogP contribution is -2.33. The Kier molecular flexibility index (Phi) is 7.33. The third kappa shape index (κ3) is 6.49. The fraction of sp³-hybridized carbons (Fsp3) is 0.381. The minimum absolute atomic E-state index is 0.0285. The maximum atomic E-state index is 12.3. The lowest BCUT2D eigenvalue weighted by molar-refractivity contribution is -0.115. The summed E-state index contributed by atoms with van der Waals surface area (Å²) in [6, 6.07) is 17.5. The van der Waals surface area contributed by atoms with E-state index < -0.39 is 0 Å². The first-order chi connectivity index (χ1) is 12.1. The molecule has 1 N–H and O–H groups in total. The zero-order valence-electron chi connectivity index (χ0n) is 15.4. The molecule has 0 heterocycles. The van der Waals surface area contributed by atoms with E-state index >= 15 is 0 Å². The van der Waals surface area contributed by atoms with Gasteiger partial charge in [0.05, 0.1) is 13.2 Å². The highest BCUT2D eigenvalue weighted by atomic mass is 16.5. The number of rotatable bonds is 9. The van der Waals surface area contributed by atoms with Gasteiger partial charge in [0.1, 0.15) is 5.75 Å². The van der Waals surface area contributed by atoms with Crippen molar-refractivity contribution in [3.8, 4) is 5.75 Å². The Morgan fingerprint density at radius 1 is 1.08 bits per heavy atom. The molecule has 0 unspecified atom stereocenters. The largest absolute Gasteiger partial charge is 0.494 e. The maximum Gasteiger partial charge on any atom is 0.243 e. The molecular formula is C21H28N2O2. The van der Waals surface area contributed by atoms with E-state index in [1.165, 1.54) is 0 Å². The third-order valence-electron chi connectivity index (χ3n) is 3.94. The molecule has 0 saturated heterocycles. The lowest BCUT2D eigenvalue weighted by Gasteiger charge is -2.22. The Balaban J connectivity index is 1.85. The summed E-state index contributed by atoms with van der Waals surface area (Å²) in [4.78, 5) is 14.3. The topological polar surface area (TPSA) is 41.6 Å². The number of amides is 1. The predicted octanol–water partition coefficient (Wildman–Crippen LogP) is 4.58. The molecule has 0 aliphatic heterocycles. The van der Waals surface area contributed by atoms with Crippen molar-refractivity contribution in [3.05, 3.63) is 54.6 Å². The second kappa shape index (κ2) is 9.72. The Morgan fingerprint density at radius 3 is 2.36 bits per heavy atom. The summed E-state index contributed by atoms with van der Waals surface area (Å²) >= 11 is 0. The van der Waals surface area contributed by atoms with Gasteiger partial charge in [0.15, 0.2) is 0 Å². The Bertz CT molecular complexity index is 639. The van der Waals surface area contributed by atoms with Crippen molar-refractivity contribution in [3.63, 3.8) is 0 Å². The fourth-order valence-corrected chi connectivity index (χ4v) is 2.45. The smallest absolute Gasteiger partial charge is 0.243 e. The van der Waals surface area contributed by atoms with Crippen molar-refractivity contribution in [2.75, 3.05) is 29.9 Å². The van der Waals surface area contributed by atoms with Crippen molar-refractivity contribution < 1.29 is 9.53 Å². The monoisotopic (exact) mass is 340 g/mol. The lowest BCUT2D eigenvalue weighted by atomic mass is 10.1. The molecule has 0 radical (unpaired) electrons. The number of carbonyl (C=O) groups excluding carboxylic acids is 1. The van der Waals surface area contributed by atoms with E-state index in [1.54, 1.807) is 0 Å². The van der Waals surface area contributed by atoms with Crippen LogP contribution in [0.3, 0.4) is 0 Å². The molecule has 0 saturated carbocycles. The van der Waals surface area contributed by atoms with Crippen LogP contribution in [0.25, 0.3) is 0 Å². The summed E-state index contributed by atoms with van der Waals surface area (Å²) in [6.07, 6.45) is 1.03. The molecule has 1 amide bonds. The number of likely N-dealkylation sites (N-methyl/N-ethyl adjacent to an activating group) is 1. The van der Waals surface area contributed by atoms with Gasteiger partial charge >= 0.3 is 0 Å². The minimum Gasteiger partial charge on any atom is -0.494 e. The average molecular weight is 340 g/mol. The average Bonchev–Trinajstić information content (AvgIpc) is 2.61. The van der Waals surface area contributed by atoms with E-state index in [0.717, 1.165) is 30.1 Å². The Labute approximate surface area is 150 Å². The zero-order valence-corrected chi connectivity index (χ0v) is 15.4. The minimum atomic E-state index is -0.0285.